The van der Waals surface area contributed by atoms with E-state index in [1.807, 2.05) is 24.3 Å². The molecule has 4 aromatic carbocycles. The van der Waals surface area contributed by atoms with Crippen molar-refractivity contribution >= 4 is 33.0 Å². The molecule has 0 saturated carbocycles. The lowest BCUT2D eigenvalue weighted by atomic mass is 9.91. The van der Waals surface area contributed by atoms with Crippen LogP contribution in [0.25, 0.3) is 55.6 Å². The van der Waals surface area contributed by atoms with Gasteiger partial charge in [0.15, 0.2) is 5.58 Å². The average Bonchev–Trinajstić information content (AvgIpc) is 3.53. The molecule has 0 radical (unpaired) electrons. The minimum absolute atomic E-state index is 0.467. The molecule has 3 nitrogen and oxygen atoms in total. The molecular formula is C33H31NO2. The monoisotopic (exact) mass is 473 g/mol. The Hall–Kier alpha value is -3.85. The van der Waals surface area contributed by atoms with E-state index >= 15 is 0 Å². The zero-order valence-electron chi connectivity index (χ0n) is 21.3. The molecule has 0 fully saturated rings. The Bertz CT molecular complexity index is 1650. The molecule has 6 rings (SSSR count). The molecule has 2 atom stereocenters. The van der Waals surface area contributed by atoms with Gasteiger partial charge in [-0.2, -0.15) is 0 Å². The van der Waals surface area contributed by atoms with Crippen molar-refractivity contribution in [2.45, 2.75) is 52.4 Å². The highest BCUT2D eigenvalue weighted by Gasteiger charge is 2.18. The topological polar surface area (TPSA) is 39.2 Å². The largest absolute Gasteiger partial charge is 0.455 e. The second-order valence-electron chi connectivity index (χ2n) is 9.99. The molecule has 0 amide bonds. The molecule has 2 unspecified atom stereocenters. The third-order valence-corrected chi connectivity index (χ3v) is 7.72. The normalized spacial score (nSPS) is 13.6. The molecule has 180 valence electrons. The number of para-hydroxylation sites is 2. The van der Waals surface area contributed by atoms with Crippen LogP contribution in [-0.4, -0.2) is 4.98 Å². The van der Waals surface area contributed by atoms with E-state index < -0.39 is 0 Å². The van der Waals surface area contributed by atoms with Gasteiger partial charge in [0.2, 0.25) is 5.89 Å². The summed E-state index contributed by atoms with van der Waals surface area (Å²) in [5.41, 5.74) is 9.52. The second kappa shape index (κ2) is 8.98. The van der Waals surface area contributed by atoms with Crippen LogP contribution in [0.1, 0.15) is 63.5 Å². The molecule has 0 bridgehead atoms. The lowest BCUT2D eigenvalue weighted by Gasteiger charge is -2.13. The predicted octanol–water partition coefficient (Wildman–Crippen LogP) is 10.1. The van der Waals surface area contributed by atoms with E-state index in [9.17, 15) is 0 Å². The first-order chi connectivity index (χ1) is 17.6. The van der Waals surface area contributed by atoms with E-state index in [1.165, 1.54) is 21.9 Å². The zero-order valence-corrected chi connectivity index (χ0v) is 21.3. The highest BCUT2D eigenvalue weighted by molar-refractivity contribution is 6.10. The van der Waals surface area contributed by atoms with E-state index in [0.717, 1.165) is 51.8 Å². The summed E-state index contributed by atoms with van der Waals surface area (Å²) in [5.74, 6) is 1.63. The summed E-state index contributed by atoms with van der Waals surface area (Å²) in [6.45, 7) is 9.08. The van der Waals surface area contributed by atoms with Gasteiger partial charge in [-0.15, -0.1) is 0 Å². The van der Waals surface area contributed by atoms with Crippen LogP contribution < -0.4 is 0 Å². The summed E-state index contributed by atoms with van der Waals surface area (Å²) in [5, 5.41) is 2.41. The Labute approximate surface area is 211 Å². The highest BCUT2D eigenvalue weighted by Crippen LogP contribution is 2.40. The van der Waals surface area contributed by atoms with Gasteiger partial charge < -0.3 is 8.83 Å². The summed E-state index contributed by atoms with van der Waals surface area (Å²) in [7, 11) is 0. The number of rotatable bonds is 6. The van der Waals surface area contributed by atoms with Crippen LogP contribution in [-0.2, 0) is 0 Å². The van der Waals surface area contributed by atoms with Crippen LogP contribution in [0.2, 0.25) is 0 Å². The predicted molar refractivity (Wildman–Crippen MR) is 150 cm³/mol. The quantitative estimate of drug-likeness (QED) is 0.241. The fourth-order valence-corrected chi connectivity index (χ4v) is 4.98. The van der Waals surface area contributed by atoms with E-state index in [-0.39, 0.29) is 0 Å². The number of nitrogens with zero attached hydrogens (tertiary/aromatic N) is 1. The van der Waals surface area contributed by atoms with Crippen LogP contribution in [0.15, 0.2) is 87.7 Å². The van der Waals surface area contributed by atoms with E-state index in [4.69, 9.17) is 8.83 Å². The SMILES string of the molecule is CCC(C)c1ccc2oc3c(-c4ccc(-c5nc6ccccc6o5)cc4)cc(C(C)CC)cc3c2c1. The first-order valence-electron chi connectivity index (χ1n) is 13.0. The van der Waals surface area contributed by atoms with Crippen LogP contribution in [0, 0.1) is 0 Å². The van der Waals surface area contributed by atoms with Crippen molar-refractivity contribution in [3.63, 3.8) is 0 Å². The summed E-state index contributed by atoms with van der Waals surface area (Å²) >= 11 is 0. The molecule has 3 heteroatoms. The van der Waals surface area contributed by atoms with Crippen molar-refractivity contribution in [2.24, 2.45) is 0 Å². The molecule has 0 N–H and O–H groups in total. The molecule has 0 spiro atoms. The van der Waals surface area contributed by atoms with E-state index in [2.05, 4.69) is 87.3 Å². The average molecular weight is 474 g/mol. The van der Waals surface area contributed by atoms with E-state index in [1.54, 1.807) is 0 Å². The van der Waals surface area contributed by atoms with Gasteiger partial charge >= 0.3 is 0 Å². The van der Waals surface area contributed by atoms with Crippen LogP contribution in [0.5, 0.6) is 0 Å². The van der Waals surface area contributed by atoms with Gasteiger partial charge in [0.1, 0.15) is 16.7 Å². The van der Waals surface area contributed by atoms with Crippen LogP contribution in [0.4, 0.5) is 0 Å². The Balaban J connectivity index is 1.50. The van der Waals surface area contributed by atoms with Crippen molar-refractivity contribution in [1.82, 2.24) is 4.98 Å². The molecule has 2 aromatic heterocycles. The molecule has 0 aliphatic heterocycles. The first-order valence-corrected chi connectivity index (χ1v) is 13.0. The number of fused-ring (bicyclic) bond motifs is 4. The number of oxazole rings is 1. The Morgan fingerprint density at radius 3 is 2.11 bits per heavy atom. The zero-order chi connectivity index (χ0) is 24.8. The number of hydrogen-bond donors (Lipinski definition) is 0. The summed E-state index contributed by atoms with van der Waals surface area (Å²) < 4.78 is 12.5. The van der Waals surface area contributed by atoms with Gasteiger partial charge in [0, 0.05) is 21.9 Å². The standard InChI is InChI=1S/C33H31NO2/c1-5-20(3)24-15-16-30-27(17-24)28-19-25(21(4)6-2)18-26(32(28)35-30)22-11-13-23(14-12-22)33-34-29-9-7-8-10-31(29)36-33/h7-21H,5-6H2,1-4H3. The second-order valence-corrected chi connectivity index (χ2v) is 9.99. The number of hydrogen-bond acceptors (Lipinski definition) is 3. The molecule has 2 heterocycles. The van der Waals surface area contributed by atoms with E-state index in [0.29, 0.717) is 17.7 Å². The molecule has 36 heavy (non-hydrogen) atoms. The lowest BCUT2D eigenvalue weighted by Crippen LogP contribution is -1.93. The summed E-state index contributed by atoms with van der Waals surface area (Å²) in [4.78, 5) is 4.66. The molecule has 0 aliphatic rings. The van der Waals surface area contributed by atoms with Crippen molar-refractivity contribution in [3.05, 3.63) is 90.0 Å². The molecule has 0 aliphatic carbocycles. The minimum atomic E-state index is 0.467. The maximum atomic E-state index is 6.50. The Kier molecular flexibility index (Phi) is 5.64. The van der Waals surface area contributed by atoms with Gasteiger partial charge in [-0.1, -0.05) is 58.0 Å². The fraction of sp³-hybridized carbons (Fsp3) is 0.242. The van der Waals surface area contributed by atoms with Gasteiger partial charge in [0.25, 0.3) is 0 Å². The van der Waals surface area contributed by atoms with Crippen LogP contribution >= 0.6 is 0 Å². The third kappa shape index (κ3) is 3.80. The number of aromatic nitrogens is 1. The maximum absolute atomic E-state index is 6.50. The lowest BCUT2D eigenvalue weighted by molar-refractivity contribution is 0.620. The summed E-state index contributed by atoms with van der Waals surface area (Å²) in [6.07, 6.45) is 2.21. The molecular weight excluding hydrogens is 442 g/mol. The minimum Gasteiger partial charge on any atom is -0.455 e. The third-order valence-electron chi connectivity index (χ3n) is 7.72. The van der Waals surface area contributed by atoms with Gasteiger partial charge in [-0.05, 0) is 89.9 Å². The van der Waals surface area contributed by atoms with Crippen molar-refractivity contribution in [3.8, 4) is 22.6 Å². The Morgan fingerprint density at radius 1 is 0.667 bits per heavy atom. The van der Waals surface area contributed by atoms with Gasteiger partial charge in [0.05, 0.1) is 0 Å². The van der Waals surface area contributed by atoms with Crippen LogP contribution in [0.3, 0.4) is 0 Å². The smallest absolute Gasteiger partial charge is 0.227 e. The molecule has 0 saturated heterocycles. The number of benzene rings is 4. The van der Waals surface area contributed by atoms with Crippen molar-refractivity contribution in [1.29, 1.82) is 0 Å². The van der Waals surface area contributed by atoms with Crippen molar-refractivity contribution < 1.29 is 8.83 Å². The van der Waals surface area contributed by atoms with Gasteiger partial charge in [-0.25, -0.2) is 4.98 Å². The maximum Gasteiger partial charge on any atom is 0.227 e. The first kappa shape index (κ1) is 22.6. The van der Waals surface area contributed by atoms with Gasteiger partial charge in [-0.3, -0.25) is 0 Å². The summed E-state index contributed by atoms with van der Waals surface area (Å²) in [6, 6.07) is 27.7. The highest BCUT2D eigenvalue weighted by atomic mass is 16.3. The van der Waals surface area contributed by atoms with Crippen molar-refractivity contribution in [2.75, 3.05) is 0 Å². The fourth-order valence-electron chi connectivity index (χ4n) is 4.98. The molecule has 6 aromatic rings. The Morgan fingerprint density at radius 2 is 1.36 bits per heavy atom. The number of furan rings is 1.